The molecule has 3 aromatic rings. The lowest BCUT2D eigenvalue weighted by Crippen LogP contribution is -2.15. The second-order valence-electron chi connectivity index (χ2n) is 7.17. The molecular weight excluding hydrogens is 385 g/mol. The molecule has 6 heteroatoms. The average molecular weight is 409 g/mol. The number of benzene rings is 2. The Morgan fingerprint density at radius 1 is 1.00 bits per heavy atom. The number of carbonyl (C=O) groups is 2. The lowest BCUT2D eigenvalue weighted by molar-refractivity contribution is 0.0474. The normalized spacial score (nSPS) is 10.8. The summed E-state index contributed by atoms with van der Waals surface area (Å²) in [5.74, 6) is -1.12. The van der Waals surface area contributed by atoms with Crippen molar-refractivity contribution in [2.75, 3.05) is 6.61 Å². The van der Waals surface area contributed by atoms with Gasteiger partial charge < -0.3 is 14.4 Å². The largest absolute Gasteiger partial charge is 0.454 e. The van der Waals surface area contributed by atoms with Crippen molar-refractivity contribution in [2.45, 2.75) is 33.4 Å². The zero-order valence-electron chi connectivity index (χ0n) is 17.0. The van der Waals surface area contributed by atoms with Gasteiger partial charge in [0.05, 0.1) is 12.2 Å². The minimum Gasteiger partial charge on any atom is -0.454 e. The summed E-state index contributed by atoms with van der Waals surface area (Å²) in [4.78, 5) is 24.8. The molecule has 5 nitrogen and oxygen atoms in total. The van der Waals surface area contributed by atoms with E-state index in [1.807, 2.05) is 18.4 Å². The number of hydrogen-bond acceptors (Lipinski definition) is 4. The second kappa shape index (κ2) is 9.50. The Morgan fingerprint density at radius 3 is 2.27 bits per heavy atom. The Labute approximate surface area is 174 Å². The number of aliphatic hydroxyl groups is 1. The molecule has 0 aliphatic heterocycles. The highest BCUT2D eigenvalue weighted by molar-refractivity contribution is 6.00. The number of aliphatic hydroxyl groups excluding tert-OH is 1. The molecule has 0 atom stereocenters. The van der Waals surface area contributed by atoms with Crippen molar-refractivity contribution in [2.24, 2.45) is 0 Å². The minimum absolute atomic E-state index is 0.107. The first-order chi connectivity index (χ1) is 14.4. The number of hydrogen-bond donors (Lipinski definition) is 1. The molecule has 0 unspecified atom stereocenters. The smallest absolute Gasteiger partial charge is 0.338 e. The van der Waals surface area contributed by atoms with Gasteiger partial charge >= 0.3 is 5.97 Å². The van der Waals surface area contributed by atoms with E-state index in [-0.39, 0.29) is 24.8 Å². The predicted molar refractivity (Wildman–Crippen MR) is 111 cm³/mol. The van der Waals surface area contributed by atoms with Gasteiger partial charge in [-0.2, -0.15) is 0 Å². The van der Waals surface area contributed by atoms with Crippen molar-refractivity contribution in [3.05, 3.63) is 94.1 Å². The van der Waals surface area contributed by atoms with Gasteiger partial charge in [0.1, 0.15) is 5.82 Å². The molecule has 3 rings (SSSR count). The van der Waals surface area contributed by atoms with Crippen molar-refractivity contribution in [1.29, 1.82) is 0 Å². The highest BCUT2D eigenvalue weighted by atomic mass is 19.1. The highest BCUT2D eigenvalue weighted by Gasteiger charge is 2.18. The Balaban J connectivity index is 1.62. The molecule has 0 spiro atoms. The molecule has 1 aromatic heterocycles. The fraction of sp³-hybridized carbons (Fsp3) is 0.250. The van der Waals surface area contributed by atoms with Gasteiger partial charge in [-0.3, -0.25) is 4.79 Å². The first-order valence-electron chi connectivity index (χ1n) is 9.70. The van der Waals surface area contributed by atoms with Gasteiger partial charge in [0.15, 0.2) is 6.61 Å². The summed E-state index contributed by atoms with van der Waals surface area (Å²) in [5, 5.41) is 9.06. The predicted octanol–water partition coefficient (Wildman–Crippen LogP) is 4.02. The van der Waals surface area contributed by atoms with Crippen LogP contribution in [0, 0.1) is 19.7 Å². The molecule has 1 heterocycles. The van der Waals surface area contributed by atoms with Crippen LogP contribution in [0.5, 0.6) is 0 Å². The van der Waals surface area contributed by atoms with Crippen LogP contribution in [-0.2, 0) is 24.3 Å². The number of carbonyl (C=O) groups excluding carboxylic acids is 2. The molecule has 0 radical (unpaired) electrons. The summed E-state index contributed by atoms with van der Waals surface area (Å²) < 4.78 is 20.3. The van der Waals surface area contributed by atoms with E-state index in [0.717, 1.165) is 17.0 Å². The van der Waals surface area contributed by atoms with Crippen LogP contribution in [0.2, 0.25) is 0 Å². The highest BCUT2D eigenvalue weighted by Crippen LogP contribution is 2.17. The summed E-state index contributed by atoms with van der Waals surface area (Å²) in [6.45, 7) is 3.99. The third-order valence-electron chi connectivity index (χ3n) is 5.12. The number of esters is 1. The van der Waals surface area contributed by atoms with Crippen molar-refractivity contribution in [1.82, 2.24) is 4.57 Å². The van der Waals surface area contributed by atoms with Crippen LogP contribution < -0.4 is 0 Å². The van der Waals surface area contributed by atoms with Gasteiger partial charge in [0.25, 0.3) is 0 Å². The van der Waals surface area contributed by atoms with Crippen LogP contribution in [-0.4, -0.2) is 28.0 Å². The van der Waals surface area contributed by atoms with E-state index in [0.29, 0.717) is 29.7 Å². The number of ketones is 1. The monoisotopic (exact) mass is 409 g/mol. The van der Waals surface area contributed by atoms with E-state index >= 15 is 0 Å². The van der Waals surface area contributed by atoms with Crippen LogP contribution in [0.15, 0.2) is 54.6 Å². The Morgan fingerprint density at radius 2 is 1.63 bits per heavy atom. The zero-order valence-corrected chi connectivity index (χ0v) is 17.0. The third kappa shape index (κ3) is 5.02. The molecule has 0 saturated carbocycles. The van der Waals surface area contributed by atoms with Crippen LogP contribution in [0.1, 0.15) is 43.2 Å². The number of ether oxygens (including phenoxy) is 1. The van der Waals surface area contributed by atoms with Crippen LogP contribution >= 0.6 is 0 Å². The molecular formula is C24H24FNO4. The number of halogens is 1. The van der Waals surface area contributed by atoms with Gasteiger partial charge in [-0.05, 0) is 61.7 Å². The lowest BCUT2D eigenvalue weighted by Gasteiger charge is -2.10. The maximum atomic E-state index is 13.1. The fourth-order valence-electron chi connectivity index (χ4n) is 3.36. The molecule has 0 aliphatic carbocycles. The van der Waals surface area contributed by atoms with Crippen LogP contribution in [0.25, 0.3) is 0 Å². The molecule has 0 amide bonds. The molecule has 1 N–H and O–H groups in total. The van der Waals surface area contributed by atoms with Gasteiger partial charge in [-0.25, -0.2) is 9.18 Å². The quantitative estimate of drug-likeness (QED) is 0.451. The van der Waals surface area contributed by atoms with Crippen molar-refractivity contribution in [3.8, 4) is 0 Å². The van der Waals surface area contributed by atoms with Crippen molar-refractivity contribution >= 4 is 11.8 Å². The fourth-order valence-corrected chi connectivity index (χ4v) is 3.36. The molecule has 30 heavy (non-hydrogen) atoms. The molecule has 156 valence electrons. The summed E-state index contributed by atoms with van der Waals surface area (Å²) in [5.41, 5.74) is 4.29. The van der Waals surface area contributed by atoms with Crippen LogP contribution in [0.3, 0.4) is 0 Å². The lowest BCUT2D eigenvalue weighted by atomic mass is 10.1. The maximum Gasteiger partial charge on any atom is 0.338 e. The molecule has 0 bridgehead atoms. The Bertz CT molecular complexity index is 1040. The van der Waals surface area contributed by atoms with Gasteiger partial charge in [0, 0.05) is 23.5 Å². The molecule has 0 fully saturated rings. The first-order valence-corrected chi connectivity index (χ1v) is 9.70. The van der Waals surface area contributed by atoms with E-state index < -0.39 is 5.97 Å². The van der Waals surface area contributed by atoms with Crippen molar-refractivity contribution in [3.63, 3.8) is 0 Å². The van der Waals surface area contributed by atoms with Gasteiger partial charge in [-0.15, -0.1) is 0 Å². The number of Topliss-reactive ketones (excluding diaryl/α,β-unsaturated/α-hetero) is 1. The molecule has 0 saturated heterocycles. The number of rotatable bonds is 8. The zero-order chi connectivity index (χ0) is 21.7. The van der Waals surface area contributed by atoms with Gasteiger partial charge in [0.2, 0.25) is 5.78 Å². The summed E-state index contributed by atoms with van der Waals surface area (Å²) >= 11 is 0. The van der Waals surface area contributed by atoms with E-state index in [1.54, 1.807) is 42.5 Å². The Kier molecular flexibility index (Phi) is 6.79. The Hall–Kier alpha value is -3.25. The summed E-state index contributed by atoms with van der Waals surface area (Å²) in [6, 6.07) is 14.5. The standard InChI is InChI=1S/C24H24FNO4/c1-16-13-22(17(2)26(16)12-11-18-5-9-21(25)10-6-18)23(28)15-30-24(29)20-7-3-19(14-27)4-8-20/h3-10,13,27H,11-12,14-15H2,1-2H3. The first kappa shape index (κ1) is 21.5. The van der Waals surface area contributed by atoms with E-state index in [1.165, 1.54) is 12.1 Å². The molecule has 2 aromatic carbocycles. The number of aromatic nitrogens is 1. The summed E-state index contributed by atoms with van der Waals surface area (Å²) in [7, 11) is 0. The number of aryl methyl sites for hydroxylation is 2. The van der Waals surface area contributed by atoms with E-state index in [9.17, 15) is 14.0 Å². The summed E-state index contributed by atoms with van der Waals surface area (Å²) in [6.07, 6.45) is 0.711. The SMILES string of the molecule is Cc1cc(C(=O)COC(=O)c2ccc(CO)cc2)c(C)n1CCc1ccc(F)cc1. The van der Waals surface area contributed by atoms with E-state index in [4.69, 9.17) is 9.84 Å². The average Bonchev–Trinajstić information content (AvgIpc) is 3.05. The maximum absolute atomic E-state index is 13.1. The minimum atomic E-state index is -0.585. The van der Waals surface area contributed by atoms with E-state index in [2.05, 4.69) is 0 Å². The number of nitrogens with zero attached hydrogens (tertiary/aromatic N) is 1. The van der Waals surface area contributed by atoms with Gasteiger partial charge in [-0.1, -0.05) is 24.3 Å². The topological polar surface area (TPSA) is 68.5 Å². The third-order valence-corrected chi connectivity index (χ3v) is 5.12. The van der Waals surface area contributed by atoms with Crippen LogP contribution in [0.4, 0.5) is 4.39 Å². The van der Waals surface area contributed by atoms with Crippen molar-refractivity contribution < 1.29 is 23.8 Å². The second-order valence-corrected chi connectivity index (χ2v) is 7.17. The molecule has 0 aliphatic rings.